The van der Waals surface area contributed by atoms with Crippen molar-refractivity contribution < 1.29 is 98.7 Å². The second-order valence-corrected chi connectivity index (χ2v) is 16.5. The molecule has 2 saturated heterocycles. The summed E-state index contributed by atoms with van der Waals surface area (Å²) in [5.74, 6) is -21.8. The molecule has 0 unspecified atom stereocenters. The normalized spacial score (nSPS) is 18.4. The SMILES string of the molecule is CC1COC(c2ccc(C(F)(F)Oc3cc(F)c(-c4cc(F)c(F)c(F)c4)c(F)c3)c(F)c2)OC1.CCCC1COC(c2ccc(-c3cc(F)c(C(F)(F)Oc4cc(F)c(F)c(F)c4)c(F)c3)c(F)c2)OC1. The van der Waals surface area contributed by atoms with Crippen molar-refractivity contribution >= 4 is 0 Å². The van der Waals surface area contributed by atoms with Gasteiger partial charge < -0.3 is 28.4 Å². The third kappa shape index (κ3) is 11.9. The minimum absolute atomic E-state index is 0.0944. The number of ether oxygens (including phenoxy) is 6. The van der Waals surface area contributed by atoms with Crippen molar-refractivity contribution in [1.82, 2.24) is 0 Å². The van der Waals surface area contributed by atoms with Gasteiger partial charge in [-0.05, 0) is 60.0 Å². The molecule has 0 atom stereocenters. The van der Waals surface area contributed by atoms with Gasteiger partial charge in [0.15, 0.2) is 47.5 Å². The van der Waals surface area contributed by atoms with Gasteiger partial charge in [0.1, 0.15) is 52.0 Å². The van der Waals surface area contributed by atoms with Crippen LogP contribution < -0.4 is 9.47 Å². The maximum absolute atomic E-state index is 14.9. The first-order valence-corrected chi connectivity index (χ1v) is 21.4. The fraction of sp³-hybridized carbons (Fsp3) is 0.280. The van der Waals surface area contributed by atoms with Gasteiger partial charge in [0.2, 0.25) is 0 Å². The lowest BCUT2D eigenvalue weighted by molar-refractivity contribution is -0.206. The van der Waals surface area contributed by atoms with E-state index in [0.29, 0.717) is 68.4 Å². The Morgan fingerprint density at radius 3 is 1.39 bits per heavy atom. The van der Waals surface area contributed by atoms with Crippen LogP contribution in [0.25, 0.3) is 22.3 Å². The van der Waals surface area contributed by atoms with E-state index in [1.807, 2.05) is 13.8 Å². The van der Waals surface area contributed by atoms with Crippen LogP contribution in [-0.2, 0) is 31.2 Å². The van der Waals surface area contributed by atoms with E-state index in [1.54, 1.807) is 0 Å². The highest BCUT2D eigenvalue weighted by Gasteiger charge is 2.42. The van der Waals surface area contributed by atoms with Gasteiger partial charge in [-0.25, -0.2) is 52.7 Å². The van der Waals surface area contributed by atoms with Crippen LogP contribution >= 0.6 is 0 Å². The van der Waals surface area contributed by atoms with Crippen LogP contribution in [0.4, 0.5) is 70.2 Å². The Labute approximate surface area is 398 Å². The summed E-state index contributed by atoms with van der Waals surface area (Å²) in [6, 6.07) is 8.74. The quantitative estimate of drug-likeness (QED) is 0.0899. The van der Waals surface area contributed by atoms with Crippen molar-refractivity contribution in [3.63, 3.8) is 0 Å². The first kappa shape index (κ1) is 53.4. The van der Waals surface area contributed by atoms with E-state index in [1.165, 1.54) is 12.1 Å². The van der Waals surface area contributed by atoms with E-state index in [0.717, 1.165) is 37.1 Å². The van der Waals surface area contributed by atoms with Crippen molar-refractivity contribution in [3.05, 3.63) is 177 Å². The van der Waals surface area contributed by atoms with Gasteiger partial charge in [-0.1, -0.05) is 38.5 Å². The Balaban J connectivity index is 0.000000212. The zero-order valence-electron chi connectivity index (χ0n) is 37.1. The largest absolute Gasteiger partial charge is 0.432 e. The molecule has 0 bridgehead atoms. The van der Waals surface area contributed by atoms with Gasteiger partial charge in [0.05, 0.1) is 37.6 Å². The van der Waals surface area contributed by atoms with E-state index >= 15 is 0 Å². The molecule has 0 saturated carbocycles. The number of benzene rings is 6. The van der Waals surface area contributed by atoms with Gasteiger partial charge in [0, 0.05) is 52.8 Å². The zero-order chi connectivity index (χ0) is 52.4. The lowest BCUT2D eigenvalue weighted by atomic mass is 10.00. The molecule has 2 fully saturated rings. The van der Waals surface area contributed by atoms with Gasteiger partial charge in [-0.3, -0.25) is 0 Å². The molecule has 22 heteroatoms. The van der Waals surface area contributed by atoms with Crippen molar-refractivity contribution in [2.24, 2.45) is 11.8 Å². The summed E-state index contributed by atoms with van der Waals surface area (Å²) in [5.41, 5.74) is -5.04. The molecule has 6 aromatic rings. The summed E-state index contributed by atoms with van der Waals surface area (Å²) < 4.78 is 256. The molecule has 6 aromatic carbocycles. The van der Waals surface area contributed by atoms with Crippen molar-refractivity contribution in [3.8, 4) is 33.8 Å². The standard InChI is InChI=1S/C26H20F8O3.C24H16F8O3/c1-2-3-13-11-35-25(36-12-13)14-4-5-17(18(27)6-14)15-7-19(28)23(20(29)8-15)26(33,34)37-16-9-21(30)24(32)22(31)10-16;1-11-9-33-23(34-10-11)12-2-3-15(16(25)4-12)24(31,32)35-14-7-17(26)21(18(27)8-14)13-5-19(28)22(30)20(29)6-13/h4-10,13,25H,2-3,11-12H2,1H3;2-8,11,23H,9-10H2,1H3. The third-order valence-electron chi connectivity index (χ3n) is 11.0. The number of hydrogen-bond acceptors (Lipinski definition) is 6. The molecule has 2 aliphatic heterocycles. The summed E-state index contributed by atoms with van der Waals surface area (Å²) in [4.78, 5) is 0. The van der Waals surface area contributed by atoms with Gasteiger partial charge in [0.25, 0.3) is 0 Å². The molecular weight excluding hydrogens is 1000 g/mol. The number of hydrogen-bond donors (Lipinski definition) is 0. The molecule has 0 N–H and O–H groups in total. The van der Waals surface area contributed by atoms with Crippen molar-refractivity contribution in [2.75, 3.05) is 26.4 Å². The number of alkyl halides is 4. The Morgan fingerprint density at radius 2 is 0.903 bits per heavy atom. The first-order valence-electron chi connectivity index (χ1n) is 21.4. The van der Waals surface area contributed by atoms with Crippen LogP contribution in [0.15, 0.2) is 84.9 Å². The molecule has 72 heavy (non-hydrogen) atoms. The van der Waals surface area contributed by atoms with Crippen LogP contribution in [0, 0.1) is 81.6 Å². The molecule has 6 nitrogen and oxygen atoms in total. The average Bonchev–Trinajstić information content (AvgIpc) is 3.29. The topological polar surface area (TPSA) is 55.4 Å². The molecule has 0 radical (unpaired) electrons. The molecule has 0 aromatic heterocycles. The van der Waals surface area contributed by atoms with E-state index in [9.17, 15) is 70.2 Å². The third-order valence-corrected chi connectivity index (χ3v) is 11.0. The predicted octanol–water partition coefficient (Wildman–Crippen LogP) is 14.8. The second-order valence-electron chi connectivity index (χ2n) is 16.5. The van der Waals surface area contributed by atoms with E-state index in [4.69, 9.17) is 18.9 Å². The minimum Gasteiger partial charge on any atom is -0.429 e. The van der Waals surface area contributed by atoms with Gasteiger partial charge in [-0.2, -0.15) is 17.6 Å². The lowest BCUT2D eigenvalue weighted by Gasteiger charge is -2.29. The minimum atomic E-state index is -4.75. The average molecular weight is 1040 g/mol. The van der Waals surface area contributed by atoms with E-state index in [-0.39, 0.29) is 35.1 Å². The fourth-order valence-corrected chi connectivity index (χ4v) is 7.51. The van der Waals surface area contributed by atoms with Crippen LogP contribution in [0.1, 0.15) is 61.5 Å². The van der Waals surface area contributed by atoms with Crippen LogP contribution in [0.3, 0.4) is 0 Å². The maximum Gasteiger partial charge on any atom is 0.432 e. The maximum atomic E-state index is 14.9. The monoisotopic (exact) mass is 1040 g/mol. The number of rotatable bonds is 12. The Kier molecular flexibility index (Phi) is 16.2. The second kappa shape index (κ2) is 21.8. The highest BCUT2D eigenvalue weighted by molar-refractivity contribution is 5.67. The van der Waals surface area contributed by atoms with E-state index < -0.39 is 134 Å². The molecule has 0 amide bonds. The van der Waals surface area contributed by atoms with Crippen molar-refractivity contribution in [1.29, 1.82) is 0 Å². The van der Waals surface area contributed by atoms with E-state index in [2.05, 4.69) is 9.47 Å². The summed E-state index contributed by atoms with van der Waals surface area (Å²) in [6.45, 7) is 5.41. The summed E-state index contributed by atoms with van der Waals surface area (Å²) in [5, 5.41) is 0. The molecule has 0 aliphatic carbocycles. The number of halogens is 16. The first-order chi connectivity index (χ1) is 34.0. The highest BCUT2D eigenvalue weighted by atomic mass is 19.3. The smallest absolute Gasteiger partial charge is 0.429 e. The zero-order valence-corrected chi connectivity index (χ0v) is 37.1. The molecule has 384 valence electrons. The highest BCUT2D eigenvalue weighted by Crippen LogP contribution is 2.41. The van der Waals surface area contributed by atoms with Crippen LogP contribution in [0.5, 0.6) is 11.5 Å². The van der Waals surface area contributed by atoms with Gasteiger partial charge in [-0.15, -0.1) is 0 Å². The Morgan fingerprint density at radius 1 is 0.472 bits per heavy atom. The molecule has 0 spiro atoms. The lowest BCUT2D eigenvalue weighted by Crippen LogP contribution is -2.27. The summed E-state index contributed by atoms with van der Waals surface area (Å²) in [6.07, 6.45) is -9.02. The molecule has 2 heterocycles. The van der Waals surface area contributed by atoms with Crippen molar-refractivity contribution in [2.45, 2.75) is 51.5 Å². The summed E-state index contributed by atoms with van der Waals surface area (Å²) >= 11 is 0. The van der Waals surface area contributed by atoms with Crippen LogP contribution in [0.2, 0.25) is 0 Å². The van der Waals surface area contributed by atoms with Crippen LogP contribution in [-0.4, -0.2) is 26.4 Å². The Hall–Kier alpha value is -6.36. The molecular formula is C50H36F16O6. The Bertz CT molecular complexity index is 2850. The fourth-order valence-electron chi connectivity index (χ4n) is 7.51. The predicted molar refractivity (Wildman–Crippen MR) is 222 cm³/mol. The molecule has 2 aliphatic rings. The van der Waals surface area contributed by atoms with Gasteiger partial charge >= 0.3 is 12.2 Å². The summed E-state index contributed by atoms with van der Waals surface area (Å²) in [7, 11) is 0. The molecule has 8 rings (SSSR count).